The van der Waals surface area contributed by atoms with Gasteiger partial charge in [0, 0.05) is 6.61 Å². The fraction of sp³-hybridized carbons (Fsp3) is 0.833. The molecule has 48 valence electrons. The maximum absolute atomic E-state index is 4.98. The second-order valence-corrected chi connectivity index (χ2v) is 1.61. The number of hydrogen-bond donors (Lipinski definition) is 0. The van der Waals surface area contributed by atoms with Gasteiger partial charge in [0.15, 0.2) is 0 Å². The molecule has 0 aliphatic carbocycles. The average Bonchev–Trinajstić information content (AvgIpc) is 1.83. The van der Waals surface area contributed by atoms with Crippen molar-refractivity contribution in [2.45, 2.75) is 20.0 Å². The minimum atomic E-state index is 0.00921. The van der Waals surface area contributed by atoms with Crippen LogP contribution in [0, 0.1) is 7.11 Å². The van der Waals surface area contributed by atoms with E-state index in [1.807, 2.05) is 13.8 Å². The molecule has 8 heavy (non-hydrogen) atoms. The highest BCUT2D eigenvalue weighted by Crippen LogP contribution is 1.88. The lowest BCUT2D eigenvalue weighted by Crippen LogP contribution is -2.12. The lowest BCUT2D eigenvalue weighted by atomic mass is 10.4. The van der Waals surface area contributed by atoms with E-state index in [-0.39, 0.29) is 6.10 Å². The standard InChI is InChI=1S/C6H12O2/c1-4-8-5-6(2)7-3/h3,6H,4-5H2,1-2H3. The third-order valence-electron chi connectivity index (χ3n) is 0.789. The van der Waals surface area contributed by atoms with Crippen molar-refractivity contribution >= 4 is 0 Å². The van der Waals surface area contributed by atoms with Crippen LogP contribution in [0.3, 0.4) is 0 Å². The number of rotatable bonds is 4. The van der Waals surface area contributed by atoms with Gasteiger partial charge in [-0.2, -0.15) is 0 Å². The Bertz CT molecular complexity index is 45.8. The Balaban J connectivity index is 2.86. The quantitative estimate of drug-likeness (QED) is 0.547. The zero-order valence-electron chi connectivity index (χ0n) is 5.39. The zero-order chi connectivity index (χ0) is 6.41. The molecule has 0 fully saturated rings. The SMILES string of the molecule is [CH]OC(C)COCC. The van der Waals surface area contributed by atoms with Gasteiger partial charge < -0.3 is 9.47 Å². The predicted molar refractivity (Wildman–Crippen MR) is 31.3 cm³/mol. The summed E-state index contributed by atoms with van der Waals surface area (Å²) in [4.78, 5) is 0. The van der Waals surface area contributed by atoms with Crippen molar-refractivity contribution in [3.63, 3.8) is 0 Å². The van der Waals surface area contributed by atoms with Crippen molar-refractivity contribution in [1.29, 1.82) is 0 Å². The van der Waals surface area contributed by atoms with Crippen molar-refractivity contribution in [2.75, 3.05) is 13.2 Å². The highest BCUT2D eigenvalue weighted by molar-refractivity contribution is 4.44. The largest absolute Gasteiger partial charge is 0.379 e. The predicted octanol–water partition coefficient (Wildman–Crippen LogP) is 1.10. The Hall–Kier alpha value is -0.0800. The molecule has 0 aromatic carbocycles. The summed E-state index contributed by atoms with van der Waals surface area (Å²) in [5.41, 5.74) is 0. The van der Waals surface area contributed by atoms with Gasteiger partial charge in [-0.15, -0.1) is 0 Å². The lowest BCUT2D eigenvalue weighted by molar-refractivity contribution is 0.0396. The Labute approximate surface area is 50.8 Å². The van der Waals surface area contributed by atoms with Crippen molar-refractivity contribution in [2.24, 2.45) is 0 Å². The van der Waals surface area contributed by atoms with Crippen LogP contribution in [0.15, 0.2) is 0 Å². The third-order valence-corrected chi connectivity index (χ3v) is 0.789. The first-order valence-electron chi connectivity index (χ1n) is 2.74. The van der Waals surface area contributed by atoms with Gasteiger partial charge in [0.05, 0.1) is 12.7 Å². The van der Waals surface area contributed by atoms with Crippen LogP contribution in [-0.4, -0.2) is 19.3 Å². The molecule has 1 atom stereocenters. The molecule has 2 radical (unpaired) electrons. The van der Waals surface area contributed by atoms with Gasteiger partial charge in [-0.3, -0.25) is 0 Å². The van der Waals surface area contributed by atoms with E-state index in [2.05, 4.69) is 4.74 Å². The van der Waals surface area contributed by atoms with Gasteiger partial charge in [-0.05, 0) is 13.8 Å². The van der Waals surface area contributed by atoms with Gasteiger partial charge in [0.2, 0.25) is 0 Å². The van der Waals surface area contributed by atoms with Crippen molar-refractivity contribution in [3.05, 3.63) is 7.11 Å². The Morgan fingerprint density at radius 2 is 2.25 bits per heavy atom. The fourth-order valence-corrected chi connectivity index (χ4v) is 0.323. The zero-order valence-corrected chi connectivity index (χ0v) is 5.39. The van der Waals surface area contributed by atoms with Crippen LogP contribution in [0.5, 0.6) is 0 Å². The summed E-state index contributed by atoms with van der Waals surface area (Å²) >= 11 is 0. The molecule has 2 nitrogen and oxygen atoms in total. The molecule has 1 unspecified atom stereocenters. The van der Waals surface area contributed by atoms with E-state index in [9.17, 15) is 0 Å². The van der Waals surface area contributed by atoms with E-state index in [4.69, 9.17) is 11.8 Å². The Morgan fingerprint density at radius 3 is 2.62 bits per heavy atom. The van der Waals surface area contributed by atoms with Crippen LogP contribution in [0.25, 0.3) is 0 Å². The molecule has 0 heterocycles. The molecule has 0 aromatic rings. The molecule has 0 amide bonds. The van der Waals surface area contributed by atoms with Crippen molar-refractivity contribution in [1.82, 2.24) is 0 Å². The minimum absolute atomic E-state index is 0.00921. The summed E-state index contributed by atoms with van der Waals surface area (Å²) in [7, 11) is 4.83. The maximum Gasteiger partial charge on any atom is 0.116 e. The molecule has 0 aliphatic heterocycles. The fourth-order valence-electron chi connectivity index (χ4n) is 0.323. The van der Waals surface area contributed by atoms with E-state index in [1.165, 1.54) is 0 Å². The topological polar surface area (TPSA) is 18.5 Å². The number of hydrogen-bond acceptors (Lipinski definition) is 2. The van der Waals surface area contributed by atoms with E-state index in [0.717, 1.165) is 0 Å². The minimum Gasteiger partial charge on any atom is -0.379 e. The molecule has 0 bridgehead atoms. The summed E-state index contributed by atoms with van der Waals surface area (Å²) in [5, 5.41) is 0. The number of ether oxygens (including phenoxy) is 2. The van der Waals surface area contributed by atoms with Crippen LogP contribution in [0.2, 0.25) is 0 Å². The first kappa shape index (κ1) is 7.92. The summed E-state index contributed by atoms with van der Waals surface area (Å²) in [5.74, 6) is 0. The summed E-state index contributed by atoms with van der Waals surface area (Å²) in [6.45, 7) is 5.08. The van der Waals surface area contributed by atoms with Gasteiger partial charge in [-0.1, -0.05) is 0 Å². The van der Waals surface area contributed by atoms with Crippen LogP contribution in [0.1, 0.15) is 13.8 Å². The van der Waals surface area contributed by atoms with Gasteiger partial charge in [-0.25, -0.2) is 0 Å². The van der Waals surface area contributed by atoms with E-state index < -0.39 is 0 Å². The maximum atomic E-state index is 4.98. The molecule has 0 rings (SSSR count). The second kappa shape index (κ2) is 5.06. The van der Waals surface area contributed by atoms with Crippen LogP contribution < -0.4 is 0 Å². The molecule has 0 N–H and O–H groups in total. The summed E-state index contributed by atoms with van der Waals surface area (Å²) < 4.78 is 9.41. The van der Waals surface area contributed by atoms with Crippen molar-refractivity contribution < 1.29 is 9.47 Å². The molecular formula is C6H12O2. The highest BCUT2D eigenvalue weighted by Gasteiger charge is 1.95. The molecular weight excluding hydrogens is 104 g/mol. The van der Waals surface area contributed by atoms with E-state index in [1.54, 1.807) is 0 Å². The monoisotopic (exact) mass is 116 g/mol. The van der Waals surface area contributed by atoms with Gasteiger partial charge >= 0.3 is 0 Å². The lowest BCUT2D eigenvalue weighted by Gasteiger charge is -2.06. The molecule has 0 aromatic heterocycles. The molecule has 2 heteroatoms. The smallest absolute Gasteiger partial charge is 0.116 e. The summed E-state index contributed by atoms with van der Waals surface area (Å²) in [6, 6.07) is 0. The second-order valence-electron chi connectivity index (χ2n) is 1.61. The Kier molecular flexibility index (Phi) is 5.01. The Morgan fingerprint density at radius 1 is 1.62 bits per heavy atom. The molecule has 0 spiro atoms. The third kappa shape index (κ3) is 4.09. The van der Waals surface area contributed by atoms with Crippen molar-refractivity contribution in [3.8, 4) is 0 Å². The molecule has 0 saturated heterocycles. The highest BCUT2D eigenvalue weighted by atomic mass is 16.5. The van der Waals surface area contributed by atoms with Crippen LogP contribution in [-0.2, 0) is 9.47 Å². The average molecular weight is 116 g/mol. The van der Waals surface area contributed by atoms with Crippen LogP contribution in [0.4, 0.5) is 0 Å². The first-order chi connectivity index (χ1) is 3.81. The summed E-state index contributed by atoms with van der Waals surface area (Å²) in [6.07, 6.45) is 0.00921. The van der Waals surface area contributed by atoms with E-state index in [0.29, 0.717) is 13.2 Å². The van der Waals surface area contributed by atoms with Gasteiger partial charge in [0.25, 0.3) is 0 Å². The van der Waals surface area contributed by atoms with E-state index >= 15 is 0 Å². The first-order valence-corrected chi connectivity index (χ1v) is 2.74. The molecule has 0 aliphatic rings. The normalized spacial score (nSPS) is 13.9. The van der Waals surface area contributed by atoms with Gasteiger partial charge in [0.1, 0.15) is 7.11 Å². The molecule has 0 saturated carbocycles. The van der Waals surface area contributed by atoms with Crippen LogP contribution >= 0.6 is 0 Å².